The largest absolute Gasteiger partial charge is 0.457 e. The molecule has 0 aliphatic heterocycles. The van der Waals surface area contributed by atoms with Gasteiger partial charge in [0.25, 0.3) is 0 Å². The second kappa shape index (κ2) is 4.42. The minimum atomic E-state index is 0.432. The van der Waals surface area contributed by atoms with Crippen LogP contribution < -0.4 is 4.74 Å². The average Bonchev–Trinajstić information content (AvgIpc) is 2.31. The van der Waals surface area contributed by atoms with E-state index in [-0.39, 0.29) is 0 Å². The van der Waals surface area contributed by atoms with E-state index >= 15 is 0 Å². The Bertz CT molecular complexity index is 449. The van der Waals surface area contributed by atoms with Crippen LogP contribution in [0, 0.1) is 0 Å². The Kier molecular flexibility index (Phi) is 2.79. The van der Waals surface area contributed by atoms with E-state index in [1.807, 2.05) is 42.7 Å². The van der Waals surface area contributed by atoms with Crippen molar-refractivity contribution in [3.63, 3.8) is 0 Å². The molecule has 0 spiro atoms. The van der Waals surface area contributed by atoms with Crippen molar-refractivity contribution >= 4 is 6.29 Å². The normalized spacial score (nSPS) is 9.60. The lowest BCUT2D eigenvalue weighted by molar-refractivity contribution is 0.479. The molecule has 0 bridgehead atoms. The summed E-state index contributed by atoms with van der Waals surface area (Å²) in [5.41, 5.74) is 0.432. The van der Waals surface area contributed by atoms with E-state index in [2.05, 4.69) is 0 Å². The molecule has 2 heteroatoms. The first-order valence-electron chi connectivity index (χ1n) is 4.60. The summed E-state index contributed by atoms with van der Waals surface area (Å²) in [5, 5.41) is 0. The maximum Gasteiger partial charge on any atom is 0.237 e. The van der Waals surface area contributed by atoms with E-state index in [9.17, 15) is 4.79 Å². The summed E-state index contributed by atoms with van der Waals surface area (Å²) < 4.78 is 5.54. The highest BCUT2D eigenvalue weighted by Crippen LogP contribution is 2.23. The van der Waals surface area contributed by atoms with Crippen LogP contribution in [-0.4, -0.2) is 6.29 Å². The number of hydrogen-bond acceptors (Lipinski definition) is 2. The molecule has 2 rings (SSSR count). The van der Waals surface area contributed by atoms with Gasteiger partial charge in [-0.25, -0.2) is 0 Å². The van der Waals surface area contributed by atoms with Gasteiger partial charge >= 0.3 is 0 Å². The Morgan fingerprint density at radius 3 is 2.27 bits per heavy atom. The molecule has 2 aromatic rings. The van der Waals surface area contributed by atoms with Crippen molar-refractivity contribution in [1.82, 2.24) is 0 Å². The fourth-order valence-corrected chi connectivity index (χ4v) is 1.26. The van der Waals surface area contributed by atoms with Crippen LogP contribution in [0.2, 0.25) is 0 Å². The van der Waals surface area contributed by atoms with Crippen LogP contribution in [0.25, 0.3) is 0 Å². The number of hydrogen-bond donors (Lipinski definition) is 0. The molecular weight excluding hydrogens is 188 g/mol. The van der Waals surface area contributed by atoms with Crippen molar-refractivity contribution in [3.05, 3.63) is 60.2 Å². The molecule has 0 N–H and O–H groups in total. The van der Waals surface area contributed by atoms with Crippen molar-refractivity contribution < 1.29 is 9.53 Å². The lowest BCUT2D eigenvalue weighted by Gasteiger charge is -2.06. The van der Waals surface area contributed by atoms with Crippen molar-refractivity contribution in [2.24, 2.45) is 0 Å². The van der Waals surface area contributed by atoms with Gasteiger partial charge in [-0.3, -0.25) is 4.79 Å². The Morgan fingerprint density at radius 2 is 1.53 bits per heavy atom. The third kappa shape index (κ3) is 2.23. The van der Waals surface area contributed by atoms with Crippen LogP contribution in [0.15, 0.2) is 54.6 Å². The van der Waals surface area contributed by atoms with Crippen molar-refractivity contribution in [2.45, 2.75) is 0 Å². The SMILES string of the molecule is O=[C]c1ccccc1Oc1ccccc1. The van der Waals surface area contributed by atoms with Gasteiger partial charge in [0.2, 0.25) is 6.29 Å². The molecule has 2 nitrogen and oxygen atoms in total. The molecule has 1 radical (unpaired) electrons. The highest BCUT2D eigenvalue weighted by Gasteiger charge is 2.02. The molecule has 0 aromatic heterocycles. The summed E-state index contributed by atoms with van der Waals surface area (Å²) in [4.78, 5) is 10.6. The Hall–Kier alpha value is -2.09. The topological polar surface area (TPSA) is 26.3 Å². The molecule has 0 unspecified atom stereocenters. The summed E-state index contributed by atoms with van der Waals surface area (Å²) in [7, 11) is 0. The molecule has 0 fully saturated rings. The summed E-state index contributed by atoms with van der Waals surface area (Å²) in [5.74, 6) is 1.24. The third-order valence-electron chi connectivity index (χ3n) is 1.97. The maximum absolute atomic E-state index is 10.6. The number of rotatable bonds is 3. The van der Waals surface area contributed by atoms with E-state index in [0.29, 0.717) is 17.1 Å². The minimum absolute atomic E-state index is 0.432. The van der Waals surface area contributed by atoms with Gasteiger partial charge in [0.1, 0.15) is 11.5 Å². The molecule has 0 heterocycles. The Balaban J connectivity index is 2.28. The lowest BCUT2D eigenvalue weighted by Crippen LogP contribution is -1.89. The molecule has 0 atom stereocenters. The van der Waals surface area contributed by atoms with Crippen molar-refractivity contribution in [2.75, 3.05) is 0 Å². The molecule has 0 aliphatic carbocycles. The van der Waals surface area contributed by atoms with Gasteiger partial charge in [-0.05, 0) is 24.3 Å². The molecule has 15 heavy (non-hydrogen) atoms. The van der Waals surface area contributed by atoms with E-state index in [1.165, 1.54) is 0 Å². The quantitative estimate of drug-likeness (QED) is 0.756. The second-order valence-corrected chi connectivity index (χ2v) is 3.01. The molecule has 0 amide bonds. The minimum Gasteiger partial charge on any atom is -0.457 e. The summed E-state index contributed by atoms with van der Waals surface area (Å²) in [6.07, 6.45) is 1.84. The van der Waals surface area contributed by atoms with Gasteiger partial charge in [-0.2, -0.15) is 0 Å². The van der Waals surface area contributed by atoms with Gasteiger partial charge in [0.05, 0.1) is 5.56 Å². The smallest absolute Gasteiger partial charge is 0.237 e. The van der Waals surface area contributed by atoms with Crippen LogP contribution in [0.1, 0.15) is 5.56 Å². The first kappa shape index (κ1) is 9.46. The van der Waals surface area contributed by atoms with E-state index in [0.717, 1.165) is 0 Å². The predicted molar refractivity (Wildman–Crippen MR) is 57.8 cm³/mol. The zero-order chi connectivity index (χ0) is 10.5. The first-order chi connectivity index (χ1) is 7.40. The molecule has 73 valence electrons. The van der Waals surface area contributed by atoms with E-state index in [4.69, 9.17) is 4.74 Å². The summed E-state index contributed by atoms with van der Waals surface area (Å²) >= 11 is 0. The van der Waals surface area contributed by atoms with Crippen LogP contribution in [-0.2, 0) is 4.79 Å². The van der Waals surface area contributed by atoms with Crippen LogP contribution >= 0.6 is 0 Å². The average molecular weight is 197 g/mol. The van der Waals surface area contributed by atoms with Crippen molar-refractivity contribution in [3.8, 4) is 11.5 Å². The summed E-state index contributed by atoms with van der Waals surface area (Å²) in [6.45, 7) is 0. The highest BCUT2D eigenvalue weighted by atomic mass is 16.5. The van der Waals surface area contributed by atoms with Crippen LogP contribution in [0.5, 0.6) is 11.5 Å². The number of carbonyl (C=O) groups excluding carboxylic acids is 1. The van der Waals surface area contributed by atoms with Gasteiger partial charge in [0, 0.05) is 0 Å². The Labute approximate surface area is 88.1 Å². The van der Waals surface area contributed by atoms with Crippen molar-refractivity contribution in [1.29, 1.82) is 0 Å². The molecule has 0 aliphatic rings. The van der Waals surface area contributed by atoms with Crippen LogP contribution in [0.3, 0.4) is 0 Å². The molecule has 2 aromatic carbocycles. The highest BCUT2D eigenvalue weighted by molar-refractivity contribution is 5.79. The van der Waals surface area contributed by atoms with E-state index < -0.39 is 0 Å². The number of benzene rings is 2. The molecule has 0 saturated carbocycles. The van der Waals surface area contributed by atoms with Gasteiger partial charge in [-0.15, -0.1) is 0 Å². The first-order valence-corrected chi connectivity index (χ1v) is 4.60. The third-order valence-corrected chi connectivity index (χ3v) is 1.97. The van der Waals surface area contributed by atoms with Gasteiger partial charge in [0.15, 0.2) is 0 Å². The summed E-state index contributed by atoms with van der Waals surface area (Å²) in [6, 6.07) is 16.3. The van der Waals surface area contributed by atoms with Gasteiger partial charge in [-0.1, -0.05) is 30.3 Å². The number of ether oxygens (including phenoxy) is 1. The number of para-hydroxylation sites is 2. The zero-order valence-corrected chi connectivity index (χ0v) is 8.01. The Morgan fingerprint density at radius 1 is 0.867 bits per heavy atom. The maximum atomic E-state index is 10.6. The standard InChI is InChI=1S/C13H9O2/c14-10-11-6-4-5-9-13(11)15-12-7-2-1-3-8-12/h1-9H. The zero-order valence-electron chi connectivity index (χ0n) is 8.01. The fourth-order valence-electron chi connectivity index (χ4n) is 1.26. The lowest BCUT2D eigenvalue weighted by atomic mass is 10.2. The predicted octanol–water partition coefficient (Wildman–Crippen LogP) is 2.94. The van der Waals surface area contributed by atoms with Crippen LogP contribution in [0.4, 0.5) is 0 Å². The monoisotopic (exact) mass is 197 g/mol. The van der Waals surface area contributed by atoms with Gasteiger partial charge < -0.3 is 4.74 Å². The fraction of sp³-hybridized carbons (Fsp3) is 0. The van der Waals surface area contributed by atoms with E-state index in [1.54, 1.807) is 18.2 Å². The molecular formula is C13H9O2. The second-order valence-electron chi connectivity index (χ2n) is 3.01. The molecule has 0 saturated heterocycles.